The lowest BCUT2D eigenvalue weighted by atomic mass is 9.92. The van der Waals surface area contributed by atoms with Crippen molar-refractivity contribution in [1.29, 1.82) is 0 Å². The summed E-state index contributed by atoms with van der Waals surface area (Å²) < 4.78 is 46.4. The third-order valence-corrected chi connectivity index (χ3v) is 4.27. The second kappa shape index (κ2) is 7.10. The summed E-state index contributed by atoms with van der Waals surface area (Å²) in [4.78, 5) is 20.5. The van der Waals surface area contributed by atoms with Crippen LogP contribution in [0.2, 0.25) is 0 Å². The van der Waals surface area contributed by atoms with E-state index in [-0.39, 0.29) is 35.4 Å². The number of nitrogens with zero attached hydrogens (tertiary/aromatic N) is 3. The van der Waals surface area contributed by atoms with E-state index in [1.165, 1.54) is 6.07 Å². The number of amides is 1. The molecule has 0 bridgehead atoms. The number of alkyl halides is 3. The first-order valence-corrected chi connectivity index (χ1v) is 8.88. The van der Waals surface area contributed by atoms with Crippen molar-refractivity contribution in [2.75, 3.05) is 18.5 Å². The molecular formula is C18H23F3N4O2. The van der Waals surface area contributed by atoms with Crippen LogP contribution in [0.4, 0.5) is 19.1 Å². The molecule has 27 heavy (non-hydrogen) atoms. The van der Waals surface area contributed by atoms with Gasteiger partial charge in [0.1, 0.15) is 11.2 Å². The first kappa shape index (κ1) is 19.6. The number of anilines is 1. The number of rotatable bonds is 3. The zero-order chi connectivity index (χ0) is 19.8. The van der Waals surface area contributed by atoms with Crippen molar-refractivity contribution >= 4 is 23.0 Å². The summed E-state index contributed by atoms with van der Waals surface area (Å²) in [6, 6.07) is 1.95. The van der Waals surface area contributed by atoms with Gasteiger partial charge in [-0.3, -0.25) is 14.7 Å². The van der Waals surface area contributed by atoms with E-state index >= 15 is 0 Å². The van der Waals surface area contributed by atoms with Gasteiger partial charge in [0.15, 0.2) is 5.65 Å². The molecule has 3 heterocycles. The Kier molecular flexibility index (Phi) is 5.16. The molecule has 0 saturated carbocycles. The summed E-state index contributed by atoms with van der Waals surface area (Å²) in [6.07, 6.45) is -2.80. The number of pyridine rings is 1. The maximum absolute atomic E-state index is 13.1. The van der Waals surface area contributed by atoms with Crippen LogP contribution in [-0.2, 0) is 15.7 Å². The molecule has 1 unspecified atom stereocenters. The standard InChI is InChI=1S/C18H23F3N4O2/c1-17(2,3)9-14(26)24-16-22-12-6-7-13(18(19,20)21)23-15(12)25(16)11-5-4-8-27-10-11/h6-7,11H,4-5,8-10H2,1-3H3,(H,22,24,26). The molecule has 1 amide bonds. The molecule has 148 valence electrons. The van der Waals surface area contributed by atoms with E-state index in [9.17, 15) is 18.0 Å². The van der Waals surface area contributed by atoms with Gasteiger partial charge in [-0.1, -0.05) is 20.8 Å². The number of ether oxygens (including phenoxy) is 1. The Bertz CT molecular complexity index is 833. The first-order valence-electron chi connectivity index (χ1n) is 8.88. The molecule has 2 aromatic heterocycles. The van der Waals surface area contributed by atoms with Crippen LogP contribution in [0.5, 0.6) is 0 Å². The maximum atomic E-state index is 13.1. The summed E-state index contributed by atoms with van der Waals surface area (Å²) in [5.74, 6) is -0.0339. The number of hydrogen-bond donors (Lipinski definition) is 1. The van der Waals surface area contributed by atoms with Crippen molar-refractivity contribution in [3.8, 4) is 0 Å². The zero-order valence-corrected chi connectivity index (χ0v) is 15.6. The Morgan fingerprint density at radius 1 is 1.30 bits per heavy atom. The number of nitrogens with one attached hydrogen (secondary N) is 1. The highest BCUT2D eigenvalue weighted by molar-refractivity contribution is 5.91. The molecular weight excluding hydrogens is 361 g/mol. The SMILES string of the molecule is CC(C)(C)CC(=O)Nc1nc2ccc(C(F)(F)F)nc2n1C1CCCOC1. The van der Waals surface area contributed by atoms with E-state index in [2.05, 4.69) is 15.3 Å². The summed E-state index contributed by atoms with van der Waals surface area (Å²) in [5.41, 5.74) is -0.803. The lowest BCUT2D eigenvalue weighted by Crippen LogP contribution is -2.26. The van der Waals surface area contributed by atoms with Gasteiger partial charge in [-0.25, -0.2) is 9.97 Å². The minimum absolute atomic E-state index is 0.103. The number of carbonyl (C=O) groups is 1. The van der Waals surface area contributed by atoms with Crippen molar-refractivity contribution in [1.82, 2.24) is 14.5 Å². The van der Waals surface area contributed by atoms with Crippen molar-refractivity contribution in [3.05, 3.63) is 17.8 Å². The van der Waals surface area contributed by atoms with E-state index in [1.807, 2.05) is 20.8 Å². The third kappa shape index (κ3) is 4.58. The molecule has 3 rings (SSSR count). The molecule has 0 spiro atoms. The lowest BCUT2D eigenvalue weighted by molar-refractivity contribution is -0.141. The quantitative estimate of drug-likeness (QED) is 0.862. The molecule has 1 N–H and O–H groups in total. The molecule has 1 atom stereocenters. The Morgan fingerprint density at radius 3 is 2.63 bits per heavy atom. The Labute approximate surface area is 155 Å². The Balaban J connectivity index is 2.04. The lowest BCUT2D eigenvalue weighted by Gasteiger charge is -2.25. The second-order valence-electron chi connectivity index (χ2n) is 8.00. The highest BCUT2D eigenvalue weighted by atomic mass is 19.4. The molecule has 1 aliphatic rings. The molecule has 0 aromatic carbocycles. The zero-order valence-electron chi connectivity index (χ0n) is 15.6. The van der Waals surface area contributed by atoms with Gasteiger partial charge in [0.05, 0.1) is 12.6 Å². The summed E-state index contributed by atoms with van der Waals surface area (Å²) in [5, 5.41) is 2.75. The monoisotopic (exact) mass is 384 g/mol. The van der Waals surface area contributed by atoms with Crippen molar-refractivity contribution in [2.24, 2.45) is 5.41 Å². The molecule has 6 nitrogen and oxygen atoms in total. The predicted molar refractivity (Wildman–Crippen MR) is 94.3 cm³/mol. The second-order valence-corrected chi connectivity index (χ2v) is 8.00. The summed E-state index contributed by atoms with van der Waals surface area (Å²) in [7, 11) is 0. The number of hydrogen-bond acceptors (Lipinski definition) is 4. The van der Waals surface area contributed by atoms with Crippen LogP contribution in [0.3, 0.4) is 0 Å². The Morgan fingerprint density at radius 2 is 2.04 bits per heavy atom. The van der Waals surface area contributed by atoms with Gasteiger partial charge in [0.2, 0.25) is 11.9 Å². The van der Waals surface area contributed by atoms with Gasteiger partial charge in [-0.15, -0.1) is 0 Å². The minimum atomic E-state index is -4.55. The fraction of sp³-hybridized carbons (Fsp3) is 0.611. The number of imidazole rings is 1. The first-order chi connectivity index (χ1) is 12.5. The van der Waals surface area contributed by atoms with Crippen molar-refractivity contribution in [2.45, 2.75) is 52.3 Å². The fourth-order valence-electron chi connectivity index (χ4n) is 3.14. The summed E-state index contributed by atoms with van der Waals surface area (Å²) >= 11 is 0. The number of carbonyl (C=O) groups excluding carboxylic acids is 1. The molecule has 1 fully saturated rings. The van der Waals surface area contributed by atoms with Crippen LogP contribution < -0.4 is 5.32 Å². The molecule has 0 aliphatic carbocycles. The number of aromatic nitrogens is 3. The van der Waals surface area contributed by atoms with Crippen LogP contribution in [0.1, 0.15) is 51.8 Å². The van der Waals surface area contributed by atoms with Crippen LogP contribution >= 0.6 is 0 Å². The highest BCUT2D eigenvalue weighted by Gasteiger charge is 2.34. The molecule has 1 saturated heterocycles. The average molecular weight is 384 g/mol. The van der Waals surface area contributed by atoms with Crippen LogP contribution in [-0.4, -0.2) is 33.7 Å². The van der Waals surface area contributed by atoms with E-state index in [0.717, 1.165) is 12.5 Å². The van der Waals surface area contributed by atoms with Crippen molar-refractivity contribution < 1.29 is 22.7 Å². The smallest absolute Gasteiger partial charge is 0.379 e. The molecule has 9 heteroatoms. The van der Waals surface area contributed by atoms with Crippen LogP contribution in [0.25, 0.3) is 11.2 Å². The number of halogens is 3. The topological polar surface area (TPSA) is 69.0 Å². The van der Waals surface area contributed by atoms with E-state index in [4.69, 9.17) is 4.74 Å². The predicted octanol–water partition coefficient (Wildman–Crippen LogP) is 4.18. The van der Waals surface area contributed by atoms with Gasteiger partial charge >= 0.3 is 6.18 Å². The van der Waals surface area contributed by atoms with E-state index < -0.39 is 11.9 Å². The molecule has 0 radical (unpaired) electrons. The normalized spacial score (nSPS) is 18.7. The van der Waals surface area contributed by atoms with E-state index in [0.29, 0.717) is 25.2 Å². The minimum Gasteiger partial charge on any atom is -0.379 e. The van der Waals surface area contributed by atoms with Crippen LogP contribution in [0.15, 0.2) is 12.1 Å². The van der Waals surface area contributed by atoms with E-state index in [1.54, 1.807) is 4.57 Å². The largest absolute Gasteiger partial charge is 0.433 e. The molecule has 2 aromatic rings. The van der Waals surface area contributed by atoms with Gasteiger partial charge in [-0.2, -0.15) is 13.2 Å². The molecule has 1 aliphatic heterocycles. The van der Waals surface area contributed by atoms with Gasteiger partial charge < -0.3 is 4.74 Å². The highest BCUT2D eigenvalue weighted by Crippen LogP contribution is 2.33. The number of fused-ring (bicyclic) bond motifs is 1. The van der Waals surface area contributed by atoms with Gasteiger partial charge in [0, 0.05) is 13.0 Å². The fourth-order valence-corrected chi connectivity index (χ4v) is 3.14. The van der Waals surface area contributed by atoms with Gasteiger partial charge in [-0.05, 0) is 30.4 Å². The Hall–Kier alpha value is -2.16. The average Bonchev–Trinajstić information content (AvgIpc) is 2.89. The van der Waals surface area contributed by atoms with Crippen LogP contribution in [0, 0.1) is 5.41 Å². The van der Waals surface area contributed by atoms with Gasteiger partial charge in [0.25, 0.3) is 0 Å². The third-order valence-electron chi connectivity index (χ3n) is 4.27. The summed E-state index contributed by atoms with van der Waals surface area (Å²) in [6.45, 7) is 6.74. The maximum Gasteiger partial charge on any atom is 0.433 e. The van der Waals surface area contributed by atoms with Crippen molar-refractivity contribution in [3.63, 3.8) is 0 Å².